The number of amides is 1. The quantitative estimate of drug-likeness (QED) is 0.106. The Balaban J connectivity index is 1.42. The normalized spacial score (nSPS) is 10.9. The van der Waals surface area contributed by atoms with Crippen molar-refractivity contribution < 1.29 is 19.1 Å². The van der Waals surface area contributed by atoms with Gasteiger partial charge in [-0.3, -0.25) is 9.36 Å². The topological polar surface area (TPSA) is 95.3 Å². The number of thiophene rings is 1. The number of hydrogen-bond acceptors (Lipinski definition) is 8. The Labute approximate surface area is 246 Å². The van der Waals surface area contributed by atoms with Crippen molar-refractivity contribution in [1.29, 1.82) is 0 Å². The number of aromatic nitrogens is 3. The second-order valence-corrected chi connectivity index (χ2v) is 11.3. The van der Waals surface area contributed by atoms with Gasteiger partial charge in [0.1, 0.15) is 22.9 Å². The van der Waals surface area contributed by atoms with Crippen LogP contribution in [0.4, 0.5) is 5.00 Å². The first-order valence-corrected chi connectivity index (χ1v) is 14.7. The second kappa shape index (κ2) is 13.6. The van der Waals surface area contributed by atoms with Gasteiger partial charge in [0.05, 0.1) is 12.9 Å². The van der Waals surface area contributed by atoms with E-state index in [0.717, 1.165) is 11.3 Å². The van der Waals surface area contributed by atoms with E-state index in [2.05, 4.69) is 35.9 Å². The van der Waals surface area contributed by atoms with E-state index in [1.807, 2.05) is 46.3 Å². The molecule has 1 N–H and O–H groups in total. The van der Waals surface area contributed by atoms with Crippen molar-refractivity contribution in [3.05, 3.63) is 88.5 Å². The number of halogens is 1. The molecule has 208 valence electrons. The lowest BCUT2D eigenvalue weighted by Gasteiger charge is -2.11. The monoisotopic (exact) mass is 596 g/mol. The van der Waals surface area contributed by atoms with Crippen molar-refractivity contribution in [3.63, 3.8) is 0 Å². The number of allylic oxidation sites excluding steroid dienone is 1. The number of rotatable bonds is 12. The Kier molecular flexibility index (Phi) is 10.0. The lowest BCUT2D eigenvalue weighted by molar-refractivity contribution is -0.113. The number of hydrogen-bond donors (Lipinski definition) is 1. The lowest BCUT2D eigenvalue weighted by Crippen LogP contribution is -2.16. The predicted octanol–water partition coefficient (Wildman–Crippen LogP) is 7.07. The van der Waals surface area contributed by atoms with E-state index in [1.54, 1.807) is 18.2 Å². The number of thioether (sulfide) groups is 1. The van der Waals surface area contributed by atoms with Crippen LogP contribution in [0.2, 0.25) is 5.02 Å². The summed E-state index contributed by atoms with van der Waals surface area (Å²) in [5.74, 6) is 1.02. The summed E-state index contributed by atoms with van der Waals surface area (Å²) >= 11 is 8.50. The maximum atomic E-state index is 12.9. The van der Waals surface area contributed by atoms with E-state index < -0.39 is 5.97 Å². The number of methoxy groups -OCH3 is 1. The first-order chi connectivity index (χ1) is 19.3. The zero-order chi connectivity index (χ0) is 28.6. The minimum absolute atomic E-state index is 0.0571. The average Bonchev–Trinajstić information content (AvgIpc) is 3.55. The Bertz CT molecular complexity index is 1480. The predicted molar refractivity (Wildman–Crippen MR) is 161 cm³/mol. The third-order valence-electron chi connectivity index (χ3n) is 5.94. The van der Waals surface area contributed by atoms with Crippen molar-refractivity contribution >= 4 is 51.6 Å². The van der Waals surface area contributed by atoms with Gasteiger partial charge in [0.25, 0.3) is 0 Å². The fraction of sp³-hybridized carbons (Fsp3) is 0.241. The molecular formula is C29H29ClN4O4S2. The molecule has 0 saturated carbocycles. The summed E-state index contributed by atoms with van der Waals surface area (Å²) in [4.78, 5) is 25.5. The summed E-state index contributed by atoms with van der Waals surface area (Å²) in [6.07, 6.45) is 1.74. The van der Waals surface area contributed by atoms with E-state index in [9.17, 15) is 9.59 Å². The maximum absolute atomic E-state index is 12.9. The summed E-state index contributed by atoms with van der Waals surface area (Å²) in [7, 11) is 1.31. The molecule has 8 nitrogen and oxygen atoms in total. The molecule has 40 heavy (non-hydrogen) atoms. The van der Waals surface area contributed by atoms with Gasteiger partial charge >= 0.3 is 5.97 Å². The van der Waals surface area contributed by atoms with Crippen molar-refractivity contribution in [2.45, 2.75) is 38.1 Å². The third-order valence-corrected chi connectivity index (χ3v) is 8.06. The summed E-state index contributed by atoms with van der Waals surface area (Å²) in [5, 5.41) is 14.7. The number of carbonyl (C=O) groups is 2. The molecule has 0 atom stereocenters. The van der Waals surface area contributed by atoms with Crippen LogP contribution in [-0.2, 0) is 22.7 Å². The van der Waals surface area contributed by atoms with Gasteiger partial charge in [-0.05, 0) is 41.3 Å². The number of nitrogens with one attached hydrogen (secondary N) is 1. The van der Waals surface area contributed by atoms with Crippen molar-refractivity contribution in [1.82, 2.24) is 14.8 Å². The fourth-order valence-corrected chi connectivity index (χ4v) is 5.70. The van der Waals surface area contributed by atoms with Crippen LogP contribution in [0.3, 0.4) is 0 Å². The van der Waals surface area contributed by atoms with E-state index in [4.69, 9.17) is 21.1 Å². The van der Waals surface area contributed by atoms with Crippen molar-refractivity contribution in [3.8, 4) is 16.9 Å². The molecule has 0 fully saturated rings. The number of carbonyl (C=O) groups excluding carboxylic acids is 2. The zero-order valence-corrected chi connectivity index (χ0v) is 24.7. The van der Waals surface area contributed by atoms with Crippen LogP contribution in [0.15, 0.2) is 71.7 Å². The molecule has 0 spiro atoms. The summed E-state index contributed by atoms with van der Waals surface area (Å²) < 4.78 is 12.8. The standard InChI is InChI=1S/C29H29ClN4O4S2/c1-5-14-34-24(15-38-22-12-8-19(9-13-22)18(2)3)32-33-29(34)40-17-25(35)31-27-26(28(36)37-4)23(16-39-27)20-6-10-21(30)11-7-20/h5-13,16,18H,1,14-15,17H2,2-4H3,(H,31,35). The van der Waals surface area contributed by atoms with Gasteiger partial charge in [-0.15, -0.1) is 28.1 Å². The average molecular weight is 597 g/mol. The van der Waals surface area contributed by atoms with Gasteiger partial charge in [-0.2, -0.15) is 0 Å². The van der Waals surface area contributed by atoms with Crippen molar-refractivity contribution in [2.24, 2.45) is 0 Å². The second-order valence-electron chi connectivity index (χ2n) is 9.00. The molecule has 0 unspecified atom stereocenters. The smallest absolute Gasteiger partial charge is 0.341 e. The number of nitrogens with zero attached hydrogens (tertiary/aromatic N) is 3. The van der Waals surface area contributed by atoms with Crippen LogP contribution in [0.5, 0.6) is 5.75 Å². The fourth-order valence-electron chi connectivity index (χ4n) is 3.83. The number of esters is 1. The molecule has 11 heteroatoms. The summed E-state index contributed by atoms with van der Waals surface area (Å²) in [5.41, 5.74) is 2.98. The number of ether oxygens (including phenoxy) is 2. The molecule has 2 heterocycles. The minimum atomic E-state index is -0.539. The van der Waals surface area contributed by atoms with Crippen LogP contribution < -0.4 is 10.1 Å². The van der Waals surface area contributed by atoms with Crippen LogP contribution in [0.25, 0.3) is 11.1 Å². The molecule has 2 aromatic carbocycles. The highest BCUT2D eigenvalue weighted by Crippen LogP contribution is 2.36. The molecule has 1 amide bonds. The van der Waals surface area contributed by atoms with E-state index in [1.165, 1.54) is 35.8 Å². The molecule has 2 aromatic heterocycles. The Morgan fingerprint density at radius 1 is 1.15 bits per heavy atom. The van der Waals surface area contributed by atoms with Crippen LogP contribution in [0, 0.1) is 0 Å². The van der Waals surface area contributed by atoms with Gasteiger partial charge in [-0.25, -0.2) is 4.79 Å². The highest BCUT2D eigenvalue weighted by Gasteiger charge is 2.23. The van der Waals surface area contributed by atoms with Gasteiger partial charge in [-0.1, -0.05) is 67.6 Å². The lowest BCUT2D eigenvalue weighted by atomic mass is 10.0. The summed E-state index contributed by atoms with van der Waals surface area (Å²) in [6, 6.07) is 15.1. The van der Waals surface area contributed by atoms with Gasteiger partial charge in [0.2, 0.25) is 5.91 Å². The molecule has 0 bridgehead atoms. The largest absolute Gasteiger partial charge is 0.486 e. The SMILES string of the molecule is C=CCn1c(COc2ccc(C(C)C)cc2)nnc1SCC(=O)Nc1scc(-c2ccc(Cl)cc2)c1C(=O)OC. The molecule has 0 radical (unpaired) electrons. The Morgan fingerprint density at radius 2 is 1.88 bits per heavy atom. The molecular weight excluding hydrogens is 568 g/mol. The van der Waals surface area contributed by atoms with Crippen LogP contribution in [-0.4, -0.2) is 39.5 Å². The first kappa shape index (κ1) is 29.4. The number of anilines is 1. The first-order valence-electron chi connectivity index (χ1n) is 12.4. The maximum Gasteiger partial charge on any atom is 0.341 e. The van der Waals surface area contributed by atoms with Crippen LogP contribution in [0.1, 0.15) is 41.5 Å². The molecule has 0 saturated heterocycles. The Hall–Kier alpha value is -3.60. The Morgan fingerprint density at radius 3 is 2.52 bits per heavy atom. The molecule has 4 aromatic rings. The highest BCUT2D eigenvalue weighted by molar-refractivity contribution is 7.99. The van der Waals surface area contributed by atoms with Gasteiger partial charge in [0, 0.05) is 22.5 Å². The van der Waals surface area contributed by atoms with Crippen molar-refractivity contribution in [2.75, 3.05) is 18.2 Å². The highest BCUT2D eigenvalue weighted by atomic mass is 35.5. The van der Waals surface area contributed by atoms with Gasteiger partial charge in [0.15, 0.2) is 11.0 Å². The zero-order valence-electron chi connectivity index (χ0n) is 22.3. The van der Waals surface area contributed by atoms with E-state index in [-0.39, 0.29) is 18.3 Å². The molecule has 0 aliphatic carbocycles. The molecule has 0 aliphatic rings. The third kappa shape index (κ3) is 7.12. The number of benzene rings is 2. The summed E-state index contributed by atoms with van der Waals surface area (Å²) in [6.45, 7) is 8.79. The van der Waals surface area contributed by atoms with E-state index >= 15 is 0 Å². The minimum Gasteiger partial charge on any atom is -0.486 e. The van der Waals surface area contributed by atoms with Gasteiger partial charge < -0.3 is 14.8 Å². The van der Waals surface area contributed by atoms with E-state index in [0.29, 0.717) is 44.6 Å². The molecule has 0 aliphatic heterocycles. The van der Waals surface area contributed by atoms with Crippen LogP contribution >= 0.6 is 34.7 Å². The molecule has 4 rings (SSSR count).